The van der Waals surface area contributed by atoms with Crippen LogP contribution in [0.1, 0.15) is 0 Å². The Morgan fingerprint density at radius 2 is 0.694 bits per heavy atom. The van der Waals surface area contributed by atoms with Gasteiger partial charge in [-0.3, -0.25) is 0 Å². The van der Waals surface area contributed by atoms with Gasteiger partial charge in [0.1, 0.15) is 0 Å². The van der Waals surface area contributed by atoms with Crippen molar-refractivity contribution >= 4 is 43.6 Å². The lowest BCUT2D eigenvalue weighted by Gasteiger charge is -2.12. The Labute approximate surface area is 359 Å². The van der Waals surface area contributed by atoms with E-state index in [0.717, 1.165) is 50.3 Å². The van der Waals surface area contributed by atoms with E-state index in [2.05, 4.69) is 228 Å². The van der Waals surface area contributed by atoms with Gasteiger partial charge in [-0.2, -0.15) is 0 Å². The Hall–Kier alpha value is -8.34. The number of benzene rings is 9. The number of nitrogens with zero attached hydrogens (tertiary/aromatic N) is 4. The Balaban J connectivity index is 0.945. The number of aromatic nitrogens is 4. The van der Waals surface area contributed by atoms with Crippen molar-refractivity contribution in [1.29, 1.82) is 0 Å². The fraction of sp³-hybridized carbons (Fsp3) is 0. The molecule has 0 aliphatic carbocycles. The molecular formula is C58H38N4. The second-order valence-corrected chi connectivity index (χ2v) is 15.8. The molecule has 0 spiro atoms. The quantitative estimate of drug-likeness (QED) is 0.161. The summed E-state index contributed by atoms with van der Waals surface area (Å²) in [6.45, 7) is 0. The zero-order valence-corrected chi connectivity index (χ0v) is 33.7. The summed E-state index contributed by atoms with van der Waals surface area (Å²) in [4.78, 5) is 10.0. The maximum Gasteiger partial charge on any atom is 0.159 e. The first-order chi connectivity index (χ1) is 30.7. The van der Waals surface area contributed by atoms with Gasteiger partial charge in [0.05, 0.1) is 27.8 Å². The van der Waals surface area contributed by atoms with Gasteiger partial charge in [0.25, 0.3) is 0 Å². The van der Waals surface area contributed by atoms with Crippen LogP contribution in [0, 0.1) is 0 Å². The molecule has 0 fully saturated rings. The van der Waals surface area contributed by atoms with E-state index < -0.39 is 0 Å². The minimum absolute atomic E-state index is 0.681. The molecule has 0 unspecified atom stereocenters. The monoisotopic (exact) mass is 790 g/mol. The topological polar surface area (TPSA) is 35.6 Å². The largest absolute Gasteiger partial charge is 0.309 e. The predicted octanol–water partition coefficient (Wildman–Crippen LogP) is 15.0. The molecule has 0 saturated carbocycles. The van der Waals surface area contributed by atoms with Crippen molar-refractivity contribution in [2.24, 2.45) is 0 Å². The van der Waals surface area contributed by atoms with Crippen molar-refractivity contribution < 1.29 is 0 Å². The third kappa shape index (κ3) is 6.08. The molecule has 62 heavy (non-hydrogen) atoms. The minimum Gasteiger partial charge on any atom is -0.309 e. The second-order valence-electron chi connectivity index (χ2n) is 15.8. The van der Waals surface area contributed by atoms with Crippen LogP contribution >= 0.6 is 0 Å². The van der Waals surface area contributed by atoms with E-state index in [9.17, 15) is 0 Å². The Morgan fingerprint density at radius 3 is 1.23 bits per heavy atom. The predicted molar refractivity (Wildman–Crippen MR) is 258 cm³/mol. The molecule has 0 amide bonds. The molecule has 0 saturated heterocycles. The van der Waals surface area contributed by atoms with Crippen LogP contribution < -0.4 is 0 Å². The van der Waals surface area contributed by atoms with E-state index in [1.807, 2.05) is 12.3 Å². The Morgan fingerprint density at radius 1 is 0.274 bits per heavy atom. The molecule has 12 rings (SSSR count). The van der Waals surface area contributed by atoms with Crippen LogP contribution in [0.5, 0.6) is 0 Å². The van der Waals surface area contributed by atoms with E-state index >= 15 is 0 Å². The molecule has 4 nitrogen and oxygen atoms in total. The van der Waals surface area contributed by atoms with Crippen molar-refractivity contribution in [2.45, 2.75) is 0 Å². The average molecular weight is 791 g/mol. The van der Waals surface area contributed by atoms with Crippen molar-refractivity contribution in [3.63, 3.8) is 0 Å². The van der Waals surface area contributed by atoms with Crippen molar-refractivity contribution in [3.8, 4) is 67.4 Å². The summed E-state index contributed by atoms with van der Waals surface area (Å²) >= 11 is 0. The first kappa shape index (κ1) is 35.6. The minimum atomic E-state index is 0.681. The fourth-order valence-corrected chi connectivity index (χ4v) is 9.23. The molecule has 0 aliphatic rings. The highest BCUT2D eigenvalue weighted by Gasteiger charge is 2.17. The number of fused-ring (bicyclic) bond motifs is 6. The summed E-state index contributed by atoms with van der Waals surface area (Å²) in [5.74, 6) is 0.681. The third-order valence-corrected chi connectivity index (χ3v) is 12.2. The summed E-state index contributed by atoms with van der Waals surface area (Å²) in [5.41, 5.74) is 16.8. The first-order valence-electron chi connectivity index (χ1n) is 21.1. The van der Waals surface area contributed by atoms with Gasteiger partial charge >= 0.3 is 0 Å². The van der Waals surface area contributed by atoms with E-state index in [-0.39, 0.29) is 0 Å². The molecule has 0 aliphatic heterocycles. The summed E-state index contributed by atoms with van der Waals surface area (Å²) < 4.78 is 4.74. The van der Waals surface area contributed by atoms with E-state index in [1.54, 1.807) is 0 Å². The van der Waals surface area contributed by atoms with Crippen molar-refractivity contribution in [3.05, 3.63) is 231 Å². The lowest BCUT2D eigenvalue weighted by molar-refractivity contribution is 1.15. The van der Waals surface area contributed by atoms with E-state index in [4.69, 9.17) is 9.97 Å². The van der Waals surface area contributed by atoms with Gasteiger partial charge in [0.15, 0.2) is 5.82 Å². The van der Waals surface area contributed by atoms with E-state index in [0.29, 0.717) is 5.82 Å². The molecule has 12 aromatic rings. The molecule has 9 aromatic carbocycles. The van der Waals surface area contributed by atoms with Crippen LogP contribution in [0.2, 0.25) is 0 Å². The summed E-state index contributed by atoms with van der Waals surface area (Å²) in [5, 5.41) is 4.88. The van der Waals surface area contributed by atoms with Gasteiger partial charge in [-0.25, -0.2) is 9.97 Å². The lowest BCUT2D eigenvalue weighted by Crippen LogP contribution is -1.97. The molecule has 0 N–H and O–H groups in total. The van der Waals surface area contributed by atoms with Crippen LogP contribution in [-0.2, 0) is 0 Å². The number of hydrogen-bond donors (Lipinski definition) is 0. The zero-order chi connectivity index (χ0) is 41.0. The maximum atomic E-state index is 5.21. The van der Waals surface area contributed by atoms with Crippen LogP contribution in [0.15, 0.2) is 231 Å². The molecule has 4 heteroatoms. The van der Waals surface area contributed by atoms with Gasteiger partial charge in [-0.05, 0) is 106 Å². The lowest BCUT2D eigenvalue weighted by atomic mass is 10.0. The van der Waals surface area contributed by atoms with Gasteiger partial charge in [0.2, 0.25) is 0 Å². The van der Waals surface area contributed by atoms with Gasteiger partial charge in [-0.15, -0.1) is 0 Å². The molecular weight excluding hydrogens is 753 g/mol. The smallest absolute Gasteiger partial charge is 0.159 e. The van der Waals surface area contributed by atoms with Gasteiger partial charge in [-0.1, -0.05) is 152 Å². The summed E-state index contributed by atoms with van der Waals surface area (Å²) in [6.07, 6.45) is 1.87. The van der Waals surface area contributed by atoms with Crippen LogP contribution in [0.4, 0.5) is 0 Å². The molecule has 3 aromatic heterocycles. The number of para-hydroxylation sites is 1. The summed E-state index contributed by atoms with van der Waals surface area (Å²) in [7, 11) is 0. The fourth-order valence-electron chi connectivity index (χ4n) is 9.23. The Bertz CT molecular complexity index is 3520. The van der Waals surface area contributed by atoms with Crippen LogP contribution in [0.3, 0.4) is 0 Å². The van der Waals surface area contributed by atoms with Crippen molar-refractivity contribution in [1.82, 2.24) is 19.1 Å². The highest BCUT2D eigenvalue weighted by atomic mass is 15.0. The van der Waals surface area contributed by atoms with Crippen molar-refractivity contribution in [2.75, 3.05) is 0 Å². The van der Waals surface area contributed by atoms with Gasteiger partial charge < -0.3 is 9.13 Å². The number of hydrogen-bond acceptors (Lipinski definition) is 2. The third-order valence-electron chi connectivity index (χ3n) is 12.2. The normalized spacial score (nSPS) is 11.5. The summed E-state index contributed by atoms with van der Waals surface area (Å²) in [6, 6.07) is 80.3. The van der Waals surface area contributed by atoms with Crippen LogP contribution in [0.25, 0.3) is 111 Å². The SMILES string of the molecule is c1ccc(-c2ccc3c(c2)c2ccccc2n3-c2cccc(-c3nccc(-c4cccc(-n5c6ccc(-c7ccccc7)cc6c6cc(-c7ccccc7)ccc65)c4)n3)c2)cc1. The number of rotatable bonds is 7. The molecule has 0 radical (unpaired) electrons. The average Bonchev–Trinajstić information content (AvgIpc) is 3.87. The zero-order valence-electron chi connectivity index (χ0n) is 33.7. The maximum absolute atomic E-state index is 5.21. The molecule has 290 valence electrons. The first-order valence-corrected chi connectivity index (χ1v) is 21.1. The Kier molecular flexibility index (Phi) is 8.46. The second kappa shape index (κ2) is 14.7. The van der Waals surface area contributed by atoms with Gasteiger partial charge in [0, 0.05) is 50.2 Å². The molecule has 3 heterocycles. The molecule has 0 bridgehead atoms. The standard InChI is InChI=1S/C58H38N4/c1-4-14-39(15-5-1)42-26-29-55-50(36-42)49-24-10-11-25-54(49)61(55)48-23-13-21-46(35-48)58-59-33-32-53(60-58)45-20-12-22-47(34-45)62-56-30-27-43(40-16-6-2-7-17-40)37-51(56)52-38-44(28-31-57(52)62)41-18-8-3-9-19-41/h1-38H. The van der Waals surface area contributed by atoms with Crippen LogP contribution in [-0.4, -0.2) is 19.1 Å². The van der Waals surface area contributed by atoms with E-state index in [1.165, 1.54) is 54.9 Å². The highest BCUT2D eigenvalue weighted by molar-refractivity contribution is 6.12. The highest BCUT2D eigenvalue weighted by Crippen LogP contribution is 2.39. The molecule has 0 atom stereocenters.